The molecule has 1 heterocycles. The van der Waals surface area contributed by atoms with Crippen molar-refractivity contribution < 1.29 is 4.92 Å². The monoisotopic (exact) mass is 275 g/mol. The molecule has 7 nitrogen and oxygen atoms in total. The first-order valence-electron chi connectivity index (χ1n) is 6.56. The van der Waals surface area contributed by atoms with Gasteiger partial charge in [0.15, 0.2) is 0 Å². The summed E-state index contributed by atoms with van der Waals surface area (Å²) in [4.78, 5) is 16.6. The molecule has 0 aliphatic heterocycles. The highest BCUT2D eigenvalue weighted by Crippen LogP contribution is 2.35. The molecule has 1 aliphatic rings. The van der Waals surface area contributed by atoms with E-state index < -0.39 is 4.92 Å². The topological polar surface area (TPSA) is 109 Å². The van der Waals surface area contributed by atoms with Gasteiger partial charge in [0.1, 0.15) is 11.6 Å². The zero-order valence-electron chi connectivity index (χ0n) is 11.3. The van der Waals surface area contributed by atoms with E-state index in [4.69, 9.17) is 11.0 Å². The van der Waals surface area contributed by atoms with Crippen LogP contribution in [-0.4, -0.2) is 29.5 Å². The maximum atomic E-state index is 11.2. The Labute approximate surface area is 117 Å². The highest BCUT2D eigenvalue weighted by atomic mass is 16.6. The predicted molar refractivity (Wildman–Crippen MR) is 74.2 cm³/mol. The van der Waals surface area contributed by atoms with Crippen molar-refractivity contribution in [1.29, 1.82) is 5.26 Å². The number of nitrogens with two attached hydrogens (primary N) is 1. The fraction of sp³-hybridized carbons (Fsp3) is 0.538. The summed E-state index contributed by atoms with van der Waals surface area (Å²) in [7, 11) is 1.79. The normalized spacial score (nSPS) is 21.4. The largest absolute Gasteiger partial charge is 0.351 e. The van der Waals surface area contributed by atoms with Gasteiger partial charge < -0.3 is 10.6 Å². The molecule has 1 aliphatic carbocycles. The third-order valence-corrected chi connectivity index (χ3v) is 3.96. The Bertz CT molecular complexity index is 554. The van der Waals surface area contributed by atoms with Crippen LogP contribution in [0, 0.1) is 27.4 Å². The number of hydrogen-bond acceptors (Lipinski definition) is 6. The summed E-state index contributed by atoms with van der Waals surface area (Å²) in [6.07, 6.45) is 4.46. The zero-order chi connectivity index (χ0) is 14.7. The Kier molecular flexibility index (Phi) is 4.15. The molecule has 0 bridgehead atoms. The maximum absolute atomic E-state index is 11.2. The molecule has 2 N–H and O–H groups in total. The molecule has 0 radical (unpaired) electrons. The fourth-order valence-corrected chi connectivity index (χ4v) is 2.93. The predicted octanol–water partition coefficient (Wildman–Crippen LogP) is 1.43. The van der Waals surface area contributed by atoms with Crippen molar-refractivity contribution in [2.75, 3.05) is 18.5 Å². The Hall–Kier alpha value is -2.20. The lowest BCUT2D eigenvalue weighted by Crippen LogP contribution is -2.38. The van der Waals surface area contributed by atoms with E-state index in [0.29, 0.717) is 12.5 Å². The van der Waals surface area contributed by atoms with Gasteiger partial charge in [0, 0.05) is 19.3 Å². The van der Waals surface area contributed by atoms with E-state index in [-0.39, 0.29) is 23.1 Å². The second-order valence-corrected chi connectivity index (χ2v) is 5.00. The Balaban J connectivity index is 2.42. The number of nitro groups is 1. The summed E-state index contributed by atoms with van der Waals surface area (Å²) < 4.78 is 0. The fourth-order valence-electron chi connectivity index (χ4n) is 2.93. The Morgan fingerprint density at radius 2 is 2.40 bits per heavy atom. The van der Waals surface area contributed by atoms with Crippen molar-refractivity contribution >= 4 is 11.5 Å². The summed E-state index contributed by atoms with van der Waals surface area (Å²) in [6, 6.07) is 3.36. The molecular formula is C13H17N5O2. The van der Waals surface area contributed by atoms with Crippen LogP contribution in [0.4, 0.5) is 11.5 Å². The maximum Gasteiger partial charge on any atom is 0.329 e. The first-order valence-corrected chi connectivity index (χ1v) is 6.56. The molecular weight excluding hydrogens is 258 g/mol. The van der Waals surface area contributed by atoms with Crippen LogP contribution in [0.2, 0.25) is 0 Å². The number of pyridine rings is 1. The molecule has 2 unspecified atom stereocenters. The molecule has 2 atom stereocenters. The van der Waals surface area contributed by atoms with E-state index in [1.54, 1.807) is 7.05 Å². The second-order valence-electron chi connectivity index (χ2n) is 5.00. The summed E-state index contributed by atoms with van der Waals surface area (Å²) in [5.74, 6) is 0.562. The van der Waals surface area contributed by atoms with E-state index in [2.05, 4.69) is 4.98 Å². The standard InChI is InChI=1S/C13H17N5O2/c1-17(11-4-2-3-9(11)7-14)13-12(18(19)20)10(8-15)5-6-16-13/h5-6,9,11H,2-4,7,14H2,1H3. The molecule has 1 aromatic rings. The highest BCUT2D eigenvalue weighted by Gasteiger charge is 2.34. The lowest BCUT2D eigenvalue weighted by atomic mass is 10.0. The second kappa shape index (κ2) is 5.84. The van der Waals surface area contributed by atoms with Gasteiger partial charge >= 0.3 is 5.69 Å². The minimum Gasteiger partial charge on any atom is -0.351 e. The third-order valence-electron chi connectivity index (χ3n) is 3.96. The minimum absolute atomic E-state index is 0.0362. The van der Waals surface area contributed by atoms with Crippen molar-refractivity contribution in [3.63, 3.8) is 0 Å². The molecule has 1 saturated carbocycles. The molecule has 1 fully saturated rings. The molecule has 0 amide bonds. The average molecular weight is 275 g/mol. The van der Waals surface area contributed by atoms with Gasteiger partial charge in [0.2, 0.25) is 5.82 Å². The van der Waals surface area contributed by atoms with Gasteiger partial charge in [-0.1, -0.05) is 6.42 Å². The number of anilines is 1. The number of aromatic nitrogens is 1. The van der Waals surface area contributed by atoms with Gasteiger partial charge in [-0.05, 0) is 31.4 Å². The summed E-state index contributed by atoms with van der Waals surface area (Å²) in [5, 5.41) is 20.3. The first kappa shape index (κ1) is 14.2. The van der Waals surface area contributed by atoms with E-state index in [0.717, 1.165) is 19.3 Å². The number of hydrogen-bond donors (Lipinski definition) is 1. The van der Waals surface area contributed by atoms with Crippen molar-refractivity contribution in [2.24, 2.45) is 11.7 Å². The van der Waals surface area contributed by atoms with Crippen LogP contribution in [0.1, 0.15) is 24.8 Å². The molecule has 0 saturated heterocycles. The third kappa shape index (κ3) is 2.42. The number of nitriles is 1. The summed E-state index contributed by atoms with van der Waals surface area (Å²) in [6.45, 7) is 0.556. The zero-order valence-corrected chi connectivity index (χ0v) is 11.3. The van der Waals surface area contributed by atoms with Crippen molar-refractivity contribution in [2.45, 2.75) is 25.3 Å². The van der Waals surface area contributed by atoms with Gasteiger partial charge in [-0.3, -0.25) is 10.1 Å². The van der Waals surface area contributed by atoms with Gasteiger partial charge in [-0.15, -0.1) is 0 Å². The lowest BCUT2D eigenvalue weighted by molar-refractivity contribution is -0.384. The average Bonchev–Trinajstić information content (AvgIpc) is 2.93. The van der Waals surface area contributed by atoms with Gasteiger partial charge in [-0.2, -0.15) is 5.26 Å². The number of rotatable bonds is 4. The SMILES string of the molecule is CN(c1nccc(C#N)c1[N+](=O)[O-])C1CCCC1CN. The highest BCUT2D eigenvalue weighted by molar-refractivity contribution is 5.65. The van der Waals surface area contributed by atoms with Crippen LogP contribution < -0.4 is 10.6 Å². The van der Waals surface area contributed by atoms with E-state index in [1.165, 1.54) is 12.3 Å². The Morgan fingerprint density at radius 1 is 1.65 bits per heavy atom. The molecule has 0 aromatic carbocycles. The van der Waals surface area contributed by atoms with Crippen LogP contribution in [0.3, 0.4) is 0 Å². The Morgan fingerprint density at radius 3 is 3.00 bits per heavy atom. The molecule has 0 spiro atoms. The van der Waals surface area contributed by atoms with Gasteiger partial charge in [-0.25, -0.2) is 4.98 Å². The first-order chi connectivity index (χ1) is 9.60. The van der Waals surface area contributed by atoms with Gasteiger partial charge in [0.05, 0.1) is 4.92 Å². The van der Waals surface area contributed by atoms with Crippen LogP contribution in [0.25, 0.3) is 0 Å². The number of nitrogens with zero attached hydrogens (tertiary/aromatic N) is 4. The van der Waals surface area contributed by atoms with Crippen molar-refractivity contribution in [3.8, 4) is 6.07 Å². The molecule has 106 valence electrons. The van der Waals surface area contributed by atoms with E-state index in [1.807, 2.05) is 11.0 Å². The molecule has 7 heteroatoms. The lowest BCUT2D eigenvalue weighted by Gasteiger charge is -2.29. The van der Waals surface area contributed by atoms with Crippen molar-refractivity contribution in [3.05, 3.63) is 27.9 Å². The van der Waals surface area contributed by atoms with E-state index >= 15 is 0 Å². The van der Waals surface area contributed by atoms with E-state index in [9.17, 15) is 10.1 Å². The molecule has 1 aromatic heterocycles. The minimum atomic E-state index is -0.538. The van der Waals surface area contributed by atoms with Crippen LogP contribution >= 0.6 is 0 Å². The quantitative estimate of drug-likeness (QED) is 0.657. The molecule has 20 heavy (non-hydrogen) atoms. The van der Waals surface area contributed by atoms with Crippen molar-refractivity contribution in [1.82, 2.24) is 4.98 Å². The van der Waals surface area contributed by atoms with Gasteiger partial charge in [0.25, 0.3) is 0 Å². The van der Waals surface area contributed by atoms with Crippen LogP contribution in [0.5, 0.6) is 0 Å². The summed E-state index contributed by atoms with van der Waals surface area (Å²) >= 11 is 0. The summed E-state index contributed by atoms with van der Waals surface area (Å²) in [5.41, 5.74) is 5.57. The smallest absolute Gasteiger partial charge is 0.329 e. The molecule has 2 rings (SSSR count). The van der Waals surface area contributed by atoms with Crippen LogP contribution in [0.15, 0.2) is 12.3 Å². The van der Waals surface area contributed by atoms with Crippen LogP contribution in [-0.2, 0) is 0 Å².